The minimum Gasteiger partial charge on any atom is -0.342 e. The second-order valence-electron chi connectivity index (χ2n) is 10.5. The maximum atomic E-state index is 13.0. The van der Waals surface area contributed by atoms with Gasteiger partial charge in [-0.2, -0.15) is 9.97 Å². The number of hydrogen-bond donors (Lipinski definition) is 2. The minimum absolute atomic E-state index is 0.0548. The standard InChI is InChI=1S/C24H32N10O4/c1-14(12-33-15-17(29(2)23(37)27-19(15)35)25-21(33)31-8-4-5-9-31)13-34-16-18(30(3)24(38)28-20(16)36)26-22(34)32-10-6-7-11-32/h14H,4-13H2,1-3H3,(H,27,35,37)(H,28,36,38). The molecule has 0 saturated carbocycles. The molecule has 14 nitrogen and oxygen atoms in total. The lowest BCUT2D eigenvalue weighted by molar-refractivity contribution is 0.426. The number of anilines is 2. The number of H-pyrrole nitrogens is 2. The Morgan fingerprint density at radius 1 is 0.684 bits per heavy atom. The van der Waals surface area contributed by atoms with E-state index in [-0.39, 0.29) is 5.92 Å². The van der Waals surface area contributed by atoms with Crippen molar-refractivity contribution >= 4 is 34.2 Å². The van der Waals surface area contributed by atoms with E-state index in [1.807, 2.05) is 16.1 Å². The van der Waals surface area contributed by atoms with E-state index in [9.17, 15) is 19.2 Å². The molecule has 0 aromatic carbocycles. The average Bonchev–Trinajstić information content (AvgIpc) is 3.67. The molecule has 202 valence electrons. The predicted molar refractivity (Wildman–Crippen MR) is 143 cm³/mol. The van der Waals surface area contributed by atoms with Crippen LogP contribution in [0, 0.1) is 5.92 Å². The third kappa shape index (κ3) is 3.77. The fraction of sp³-hybridized carbons (Fsp3) is 0.583. The summed E-state index contributed by atoms with van der Waals surface area (Å²) in [5.74, 6) is 1.29. The number of aryl methyl sites for hydroxylation is 2. The average molecular weight is 525 g/mol. The lowest BCUT2D eigenvalue weighted by Gasteiger charge is -2.23. The van der Waals surface area contributed by atoms with E-state index >= 15 is 0 Å². The fourth-order valence-electron chi connectivity index (χ4n) is 5.79. The van der Waals surface area contributed by atoms with Crippen molar-refractivity contribution in [3.8, 4) is 0 Å². The zero-order valence-corrected chi connectivity index (χ0v) is 21.9. The van der Waals surface area contributed by atoms with Crippen LogP contribution in [0.2, 0.25) is 0 Å². The highest BCUT2D eigenvalue weighted by Gasteiger charge is 2.27. The fourth-order valence-corrected chi connectivity index (χ4v) is 5.79. The van der Waals surface area contributed by atoms with Gasteiger partial charge >= 0.3 is 11.4 Å². The molecule has 4 aromatic rings. The summed E-state index contributed by atoms with van der Waals surface area (Å²) in [7, 11) is 3.21. The molecule has 0 radical (unpaired) electrons. The summed E-state index contributed by atoms with van der Waals surface area (Å²) >= 11 is 0. The lowest BCUT2D eigenvalue weighted by atomic mass is 10.1. The molecule has 2 N–H and O–H groups in total. The van der Waals surface area contributed by atoms with Gasteiger partial charge in [0.25, 0.3) is 11.1 Å². The number of nitrogens with zero attached hydrogens (tertiary/aromatic N) is 8. The molecule has 2 aliphatic rings. The smallest absolute Gasteiger partial charge is 0.329 e. The zero-order valence-electron chi connectivity index (χ0n) is 21.9. The topological polar surface area (TPSA) is 152 Å². The van der Waals surface area contributed by atoms with E-state index in [4.69, 9.17) is 9.97 Å². The van der Waals surface area contributed by atoms with Gasteiger partial charge in [-0.1, -0.05) is 6.92 Å². The SMILES string of the molecule is CC(Cn1c(N2CCCC2)nc2c1c(=O)[nH]c(=O)n2C)Cn1c(N2CCCC2)nc2c1c(=O)[nH]c(=O)n2C. The highest BCUT2D eigenvalue weighted by atomic mass is 16.2. The number of aromatic amines is 2. The first-order valence-corrected chi connectivity index (χ1v) is 13.1. The van der Waals surface area contributed by atoms with Gasteiger partial charge in [-0.25, -0.2) is 9.59 Å². The number of rotatable bonds is 6. The summed E-state index contributed by atoms with van der Waals surface area (Å²) < 4.78 is 6.54. The molecule has 0 amide bonds. The Balaban J connectivity index is 1.45. The Hall–Kier alpha value is -4.10. The highest BCUT2D eigenvalue weighted by molar-refractivity contribution is 5.75. The van der Waals surface area contributed by atoms with Crippen molar-refractivity contribution in [2.75, 3.05) is 36.0 Å². The molecule has 0 spiro atoms. The predicted octanol–water partition coefficient (Wildman–Crippen LogP) is -0.303. The molecule has 0 atom stereocenters. The van der Waals surface area contributed by atoms with Crippen molar-refractivity contribution in [3.05, 3.63) is 41.7 Å². The maximum Gasteiger partial charge on any atom is 0.329 e. The Bertz CT molecular complexity index is 1640. The first-order chi connectivity index (χ1) is 18.2. The van der Waals surface area contributed by atoms with Crippen LogP contribution in [0.5, 0.6) is 0 Å². The summed E-state index contributed by atoms with van der Waals surface area (Å²) in [5.41, 5.74) is -0.518. The van der Waals surface area contributed by atoms with Crippen molar-refractivity contribution in [1.29, 1.82) is 0 Å². The normalized spacial score (nSPS) is 16.2. The van der Waals surface area contributed by atoms with Crippen molar-refractivity contribution in [2.45, 2.75) is 45.7 Å². The van der Waals surface area contributed by atoms with Crippen LogP contribution in [-0.2, 0) is 27.2 Å². The Morgan fingerprint density at radius 2 is 1.05 bits per heavy atom. The molecule has 38 heavy (non-hydrogen) atoms. The summed E-state index contributed by atoms with van der Waals surface area (Å²) in [6, 6.07) is 0. The lowest BCUT2D eigenvalue weighted by Crippen LogP contribution is -2.31. The molecule has 2 aliphatic heterocycles. The number of nitrogens with one attached hydrogen (secondary N) is 2. The van der Waals surface area contributed by atoms with Gasteiger partial charge in [0.05, 0.1) is 0 Å². The molecule has 0 unspecified atom stereocenters. The van der Waals surface area contributed by atoms with Crippen LogP contribution in [0.4, 0.5) is 11.9 Å². The Morgan fingerprint density at radius 3 is 1.42 bits per heavy atom. The van der Waals surface area contributed by atoms with E-state index in [0.29, 0.717) is 47.3 Å². The summed E-state index contributed by atoms with van der Waals surface area (Å²) in [6.45, 7) is 6.25. The van der Waals surface area contributed by atoms with E-state index in [1.165, 1.54) is 9.13 Å². The Kier molecular flexibility index (Phi) is 5.76. The first kappa shape index (κ1) is 24.2. The molecule has 6 rings (SSSR count). The van der Waals surface area contributed by atoms with Crippen molar-refractivity contribution in [1.82, 2.24) is 38.2 Å². The van der Waals surface area contributed by atoms with E-state index in [2.05, 4.69) is 19.8 Å². The molecular weight excluding hydrogens is 492 g/mol. The minimum atomic E-state index is -0.502. The molecular formula is C24H32N10O4. The van der Waals surface area contributed by atoms with Crippen molar-refractivity contribution in [2.24, 2.45) is 20.0 Å². The highest BCUT2D eigenvalue weighted by Crippen LogP contribution is 2.27. The molecule has 0 bridgehead atoms. The van der Waals surface area contributed by atoms with Gasteiger partial charge in [-0.3, -0.25) is 28.7 Å². The number of fused-ring (bicyclic) bond motifs is 2. The molecule has 2 fully saturated rings. The first-order valence-electron chi connectivity index (χ1n) is 13.1. The van der Waals surface area contributed by atoms with Crippen molar-refractivity contribution in [3.63, 3.8) is 0 Å². The number of hydrogen-bond acceptors (Lipinski definition) is 8. The van der Waals surface area contributed by atoms with Crippen LogP contribution in [0.1, 0.15) is 32.6 Å². The van der Waals surface area contributed by atoms with Crippen LogP contribution < -0.4 is 32.3 Å². The monoisotopic (exact) mass is 524 g/mol. The van der Waals surface area contributed by atoms with Crippen LogP contribution in [0.15, 0.2) is 19.2 Å². The van der Waals surface area contributed by atoms with Crippen LogP contribution in [0.25, 0.3) is 22.3 Å². The third-order valence-corrected chi connectivity index (χ3v) is 7.74. The van der Waals surface area contributed by atoms with Gasteiger partial charge in [0.2, 0.25) is 11.9 Å². The summed E-state index contributed by atoms with van der Waals surface area (Å²) in [5, 5.41) is 0. The van der Waals surface area contributed by atoms with Gasteiger partial charge < -0.3 is 18.9 Å². The zero-order chi connectivity index (χ0) is 26.7. The van der Waals surface area contributed by atoms with E-state index in [0.717, 1.165) is 51.9 Å². The van der Waals surface area contributed by atoms with Crippen LogP contribution >= 0.6 is 0 Å². The van der Waals surface area contributed by atoms with Crippen LogP contribution in [-0.4, -0.2) is 64.4 Å². The second kappa shape index (κ2) is 9.03. The number of imidazole rings is 2. The quantitative estimate of drug-likeness (QED) is 0.349. The van der Waals surface area contributed by atoms with E-state index in [1.54, 1.807) is 14.1 Å². The molecule has 14 heteroatoms. The molecule has 2 saturated heterocycles. The van der Waals surface area contributed by atoms with Crippen molar-refractivity contribution < 1.29 is 0 Å². The molecule has 6 heterocycles. The van der Waals surface area contributed by atoms with E-state index < -0.39 is 22.5 Å². The molecule has 0 aliphatic carbocycles. The maximum absolute atomic E-state index is 13.0. The third-order valence-electron chi connectivity index (χ3n) is 7.74. The summed E-state index contributed by atoms with van der Waals surface area (Å²) in [4.78, 5) is 69.1. The van der Waals surface area contributed by atoms with Crippen LogP contribution in [0.3, 0.4) is 0 Å². The van der Waals surface area contributed by atoms with Gasteiger partial charge in [-0.15, -0.1) is 0 Å². The second-order valence-corrected chi connectivity index (χ2v) is 10.5. The Labute approximate surface area is 216 Å². The number of aromatic nitrogens is 8. The van der Waals surface area contributed by atoms with Gasteiger partial charge in [0.1, 0.15) is 0 Å². The summed E-state index contributed by atoms with van der Waals surface area (Å²) in [6.07, 6.45) is 4.15. The largest absolute Gasteiger partial charge is 0.342 e. The molecule has 4 aromatic heterocycles. The van der Waals surface area contributed by atoms with Gasteiger partial charge in [0.15, 0.2) is 22.3 Å². The van der Waals surface area contributed by atoms with Gasteiger partial charge in [-0.05, 0) is 31.6 Å². The van der Waals surface area contributed by atoms with Gasteiger partial charge in [0, 0.05) is 53.4 Å².